The van der Waals surface area contributed by atoms with Crippen LogP contribution in [0.15, 0.2) is 24.3 Å². The van der Waals surface area contributed by atoms with Crippen LogP contribution in [-0.4, -0.2) is 29.0 Å². The number of carbonyl (C=O) groups excluding carboxylic acids is 2. The molecule has 5 heteroatoms. The van der Waals surface area contributed by atoms with Gasteiger partial charge in [0, 0.05) is 12.3 Å². The van der Waals surface area contributed by atoms with E-state index in [0.29, 0.717) is 16.9 Å². The first kappa shape index (κ1) is 10.7. The predicted octanol–water partition coefficient (Wildman–Crippen LogP) is 1.50. The van der Waals surface area contributed by atoms with Gasteiger partial charge in [0.15, 0.2) is 0 Å². The number of nitriles is 1. The molecule has 4 nitrogen and oxygen atoms in total. The van der Waals surface area contributed by atoms with E-state index in [1.165, 1.54) is 4.90 Å². The van der Waals surface area contributed by atoms with Crippen LogP contribution in [0.2, 0.25) is 0 Å². The average Bonchev–Trinajstić information content (AvgIpc) is 2.55. The summed E-state index contributed by atoms with van der Waals surface area (Å²) in [7, 11) is 0. The number of thiocyanates is 1. The van der Waals surface area contributed by atoms with Crippen LogP contribution in [-0.2, 0) is 0 Å². The summed E-state index contributed by atoms with van der Waals surface area (Å²) in [6.07, 6.45) is 0. The van der Waals surface area contributed by atoms with E-state index in [-0.39, 0.29) is 18.4 Å². The SMILES string of the molecule is N#CSCCN1C(=O)c2ccccc2C1=O. The van der Waals surface area contributed by atoms with Crippen LogP contribution in [0.4, 0.5) is 0 Å². The number of nitrogens with zero attached hydrogens (tertiary/aromatic N) is 2. The maximum Gasteiger partial charge on any atom is 0.261 e. The number of thioether (sulfide) groups is 1. The lowest BCUT2D eigenvalue weighted by molar-refractivity contribution is 0.0664. The molecule has 80 valence electrons. The van der Waals surface area contributed by atoms with Gasteiger partial charge >= 0.3 is 0 Å². The summed E-state index contributed by atoms with van der Waals surface area (Å²) in [5.41, 5.74) is 0.906. The van der Waals surface area contributed by atoms with E-state index in [1.807, 2.05) is 5.40 Å². The molecule has 1 aliphatic heterocycles. The molecule has 0 N–H and O–H groups in total. The summed E-state index contributed by atoms with van der Waals surface area (Å²) in [6, 6.07) is 6.76. The first-order valence-corrected chi connectivity index (χ1v) is 5.70. The van der Waals surface area contributed by atoms with Crippen molar-refractivity contribution in [1.29, 1.82) is 5.26 Å². The molecule has 0 aliphatic carbocycles. The molecule has 2 rings (SSSR count). The molecule has 0 bridgehead atoms. The maximum atomic E-state index is 11.8. The number of hydrogen-bond acceptors (Lipinski definition) is 4. The van der Waals surface area contributed by atoms with Crippen LogP contribution in [0.3, 0.4) is 0 Å². The molecule has 1 aromatic rings. The van der Waals surface area contributed by atoms with Crippen LogP contribution in [0.5, 0.6) is 0 Å². The minimum Gasteiger partial charge on any atom is -0.273 e. The second-order valence-electron chi connectivity index (χ2n) is 3.25. The van der Waals surface area contributed by atoms with Crippen LogP contribution >= 0.6 is 11.8 Å². The van der Waals surface area contributed by atoms with E-state index in [4.69, 9.17) is 5.26 Å². The van der Waals surface area contributed by atoms with Gasteiger partial charge in [-0.05, 0) is 23.9 Å². The molecule has 0 fully saturated rings. The van der Waals surface area contributed by atoms with Gasteiger partial charge in [0.05, 0.1) is 11.1 Å². The van der Waals surface area contributed by atoms with Gasteiger partial charge in [0.25, 0.3) is 11.8 Å². The Hall–Kier alpha value is -1.80. The van der Waals surface area contributed by atoms with Crippen molar-refractivity contribution < 1.29 is 9.59 Å². The highest BCUT2D eigenvalue weighted by Crippen LogP contribution is 2.22. The summed E-state index contributed by atoms with van der Waals surface area (Å²) in [5.74, 6) is -0.0830. The highest BCUT2D eigenvalue weighted by Gasteiger charge is 2.34. The zero-order valence-electron chi connectivity index (χ0n) is 8.34. The van der Waals surface area contributed by atoms with Crippen molar-refractivity contribution in [1.82, 2.24) is 4.90 Å². The summed E-state index contributed by atoms with van der Waals surface area (Å²) in [6.45, 7) is 0.282. The number of rotatable bonds is 3. The minimum absolute atomic E-state index is 0.265. The molecule has 16 heavy (non-hydrogen) atoms. The quantitative estimate of drug-likeness (QED) is 0.450. The fourth-order valence-corrected chi connectivity index (χ4v) is 1.99. The van der Waals surface area contributed by atoms with Gasteiger partial charge in [-0.3, -0.25) is 14.5 Å². The molecule has 0 radical (unpaired) electrons. The summed E-state index contributed by atoms with van der Waals surface area (Å²) >= 11 is 1.04. The highest BCUT2D eigenvalue weighted by atomic mass is 32.2. The number of carbonyl (C=O) groups is 2. The van der Waals surface area contributed by atoms with Gasteiger partial charge in [-0.25, -0.2) is 0 Å². The van der Waals surface area contributed by atoms with Crippen LogP contribution in [0.25, 0.3) is 0 Å². The lowest BCUT2D eigenvalue weighted by Gasteiger charge is -2.11. The van der Waals surface area contributed by atoms with E-state index in [2.05, 4.69) is 0 Å². The smallest absolute Gasteiger partial charge is 0.261 e. The van der Waals surface area contributed by atoms with Crippen molar-refractivity contribution in [3.8, 4) is 5.40 Å². The van der Waals surface area contributed by atoms with Gasteiger partial charge in [-0.15, -0.1) is 0 Å². The zero-order valence-corrected chi connectivity index (χ0v) is 9.16. The number of benzene rings is 1. The highest BCUT2D eigenvalue weighted by molar-refractivity contribution is 8.03. The minimum atomic E-state index is -0.265. The zero-order chi connectivity index (χ0) is 11.5. The topological polar surface area (TPSA) is 61.2 Å². The Morgan fingerprint density at radius 1 is 1.19 bits per heavy atom. The summed E-state index contributed by atoms with van der Waals surface area (Å²) in [4.78, 5) is 24.8. The van der Waals surface area contributed by atoms with Gasteiger partial charge in [0.1, 0.15) is 5.40 Å². The molecule has 1 aliphatic rings. The normalized spacial score (nSPS) is 13.8. The number of hydrogen-bond donors (Lipinski definition) is 0. The maximum absolute atomic E-state index is 11.8. The monoisotopic (exact) mass is 232 g/mol. The van der Waals surface area contributed by atoms with E-state index in [1.54, 1.807) is 24.3 Å². The Bertz CT molecular complexity index is 458. The third-order valence-electron chi connectivity index (χ3n) is 2.36. The average molecular weight is 232 g/mol. The largest absolute Gasteiger partial charge is 0.273 e. The van der Waals surface area contributed by atoms with Crippen molar-refractivity contribution in [2.75, 3.05) is 12.3 Å². The first-order valence-electron chi connectivity index (χ1n) is 4.72. The fourth-order valence-electron chi connectivity index (χ4n) is 1.62. The van der Waals surface area contributed by atoms with Crippen molar-refractivity contribution >= 4 is 23.6 Å². The molecule has 1 aromatic carbocycles. The fraction of sp³-hybridized carbons (Fsp3) is 0.182. The Morgan fingerprint density at radius 2 is 1.75 bits per heavy atom. The van der Waals surface area contributed by atoms with E-state index in [9.17, 15) is 9.59 Å². The van der Waals surface area contributed by atoms with Gasteiger partial charge in [0.2, 0.25) is 0 Å². The van der Waals surface area contributed by atoms with E-state index < -0.39 is 0 Å². The molecule has 1 heterocycles. The van der Waals surface area contributed by atoms with Crippen molar-refractivity contribution in [2.45, 2.75) is 0 Å². The second kappa shape index (κ2) is 4.37. The Kier molecular flexibility index (Phi) is 2.93. The third-order valence-corrected chi connectivity index (χ3v) is 2.88. The van der Waals surface area contributed by atoms with Gasteiger partial charge in [-0.2, -0.15) is 5.26 Å². The van der Waals surface area contributed by atoms with Crippen molar-refractivity contribution in [3.05, 3.63) is 35.4 Å². The molecule has 0 saturated carbocycles. The number of fused-ring (bicyclic) bond motifs is 1. The van der Waals surface area contributed by atoms with Crippen molar-refractivity contribution in [3.63, 3.8) is 0 Å². The lowest BCUT2D eigenvalue weighted by atomic mass is 10.1. The first-order chi connectivity index (χ1) is 7.75. The summed E-state index contributed by atoms with van der Waals surface area (Å²) < 4.78 is 0. The molecule has 0 unspecified atom stereocenters. The molecule has 0 saturated heterocycles. The Labute approximate surface area is 96.8 Å². The third kappa shape index (κ3) is 1.68. The molecule has 0 aromatic heterocycles. The van der Waals surface area contributed by atoms with E-state index >= 15 is 0 Å². The standard InChI is InChI=1S/C11H8N2O2S/c12-7-16-6-5-13-10(14)8-3-1-2-4-9(8)11(13)15/h1-4H,5-6H2. The van der Waals surface area contributed by atoms with Gasteiger partial charge < -0.3 is 0 Å². The Balaban J connectivity index is 2.19. The summed E-state index contributed by atoms with van der Waals surface area (Å²) in [5, 5.41) is 10.3. The molecular formula is C11H8N2O2S. The second-order valence-corrected chi connectivity index (χ2v) is 4.13. The molecule has 0 atom stereocenters. The van der Waals surface area contributed by atoms with E-state index in [0.717, 1.165) is 11.8 Å². The number of amides is 2. The predicted molar refractivity (Wildman–Crippen MR) is 59.9 cm³/mol. The Morgan fingerprint density at radius 3 is 2.25 bits per heavy atom. The molecular weight excluding hydrogens is 224 g/mol. The van der Waals surface area contributed by atoms with Crippen LogP contribution < -0.4 is 0 Å². The molecule has 0 spiro atoms. The number of imide groups is 1. The molecule has 2 amide bonds. The van der Waals surface area contributed by atoms with Gasteiger partial charge in [-0.1, -0.05) is 12.1 Å². The van der Waals surface area contributed by atoms with Crippen molar-refractivity contribution in [2.24, 2.45) is 0 Å². The lowest BCUT2D eigenvalue weighted by Crippen LogP contribution is -2.31. The van der Waals surface area contributed by atoms with Crippen LogP contribution in [0.1, 0.15) is 20.7 Å². The van der Waals surface area contributed by atoms with Crippen LogP contribution in [0, 0.1) is 10.7 Å².